The maximum absolute atomic E-state index is 12.6. The normalized spacial score (nSPS) is 18.0. The number of ether oxygens (including phenoxy) is 1. The standard InChI is InChI=1S/C23H27N3O3/c1-2-24-22(27)14-26-12-18-8-7-16(9-20(18)13-26)11-25-23(28)21-10-17-5-3-4-6-19(17)15-29-21/h3-9,21H,2,10-15H2,1H3,(H,24,27)(H,25,28)/t21-/m0/s1. The number of fused-ring (bicyclic) bond motifs is 2. The summed E-state index contributed by atoms with van der Waals surface area (Å²) in [7, 11) is 0. The second kappa shape index (κ2) is 8.76. The predicted molar refractivity (Wildman–Crippen MR) is 110 cm³/mol. The van der Waals surface area contributed by atoms with Gasteiger partial charge in [-0.05, 0) is 34.7 Å². The molecule has 2 N–H and O–H groups in total. The van der Waals surface area contributed by atoms with Gasteiger partial charge in [0.15, 0.2) is 0 Å². The summed E-state index contributed by atoms with van der Waals surface area (Å²) in [6, 6.07) is 14.4. The van der Waals surface area contributed by atoms with Gasteiger partial charge >= 0.3 is 0 Å². The number of carbonyl (C=O) groups excluding carboxylic acids is 2. The molecule has 6 nitrogen and oxygen atoms in total. The van der Waals surface area contributed by atoms with Crippen LogP contribution in [0.2, 0.25) is 0 Å². The van der Waals surface area contributed by atoms with Crippen LogP contribution in [-0.4, -0.2) is 35.9 Å². The van der Waals surface area contributed by atoms with E-state index in [4.69, 9.17) is 4.74 Å². The van der Waals surface area contributed by atoms with Gasteiger partial charge in [0.1, 0.15) is 6.10 Å². The van der Waals surface area contributed by atoms with Crippen molar-refractivity contribution < 1.29 is 14.3 Å². The maximum atomic E-state index is 12.6. The van der Waals surface area contributed by atoms with Crippen LogP contribution in [0.25, 0.3) is 0 Å². The minimum Gasteiger partial charge on any atom is -0.363 e. The average molecular weight is 393 g/mol. The van der Waals surface area contributed by atoms with Crippen LogP contribution in [0.15, 0.2) is 42.5 Å². The zero-order chi connectivity index (χ0) is 20.2. The largest absolute Gasteiger partial charge is 0.363 e. The van der Waals surface area contributed by atoms with Crippen LogP contribution in [0.1, 0.15) is 34.7 Å². The molecule has 2 aliphatic rings. The highest BCUT2D eigenvalue weighted by molar-refractivity contribution is 5.81. The molecule has 0 aliphatic carbocycles. The summed E-state index contributed by atoms with van der Waals surface area (Å²) in [6.07, 6.45) is 0.174. The predicted octanol–water partition coefficient (Wildman–Crippen LogP) is 1.90. The van der Waals surface area contributed by atoms with Gasteiger partial charge in [-0.1, -0.05) is 42.5 Å². The number of hydrogen-bond donors (Lipinski definition) is 2. The molecule has 29 heavy (non-hydrogen) atoms. The average Bonchev–Trinajstić information content (AvgIpc) is 3.13. The molecule has 0 spiro atoms. The molecule has 0 saturated carbocycles. The molecule has 0 fully saturated rings. The fraction of sp³-hybridized carbons (Fsp3) is 0.391. The van der Waals surface area contributed by atoms with Crippen molar-refractivity contribution in [3.8, 4) is 0 Å². The molecule has 2 aliphatic heterocycles. The Bertz CT molecular complexity index is 912. The molecule has 0 aromatic heterocycles. The van der Waals surface area contributed by atoms with E-state index in [1.54, 1.807) is 0 Å². The van der Waals surface area contributed by atoms with Crippen molar-refractivity contribution >= 4 is 11.8 Å². The first kappa shape index (κ1) is 19.6. The summed E-state index contributed by atoms with van der Waals surface area (Å²) >= 11 is 0. The number of amides is 2. The summed E-state index contributed by atoms with van der Waals surface area (Å²) in [5.41, 5.74) is 5.88. The van der Waals surface area contributed by atoms with E-state index < -0.39 is 6.10 Å². The molecule has 4 rings (SSSR count). The Hall–Kier alpha value is -2.70. The molecule has 0 bridgehead atoms. The lowest BCUT2D eigenvalue weighted by Gasteiger charge is -2.24. The van der Waals surface area contributed by atoms with Crippen molar-refractivity contribution in [1.82, 2.24) is 15.5 Å². The van der Waals surface area contributed by atoms with Crippen molar-refractivity contribution in [3.05, 3.63) is 70.3 Å². The molecule has 1 atom stereocenters. The zero-order valence-corrected chi connectivity index (χ0v) is 16.7. The van der Waals surface area contributed by atoms with E-state index in [2.05, 4.69) is 33.7 Å². The van der Waals surface area contributed by atoms with Crippen LogP contribution in [0.3, 0.4) is 0 Å². The number of likely N-dealkylation sites (N-methyl/N-ethyl adjacent to an activating group) is 1. The number of nitrogens with zero attached hydrogens (tertiary/aromatic N) is 1. The van der Waals surface area contributed by atoms with Crippen molar-refractivity contribution in [2.24, 2.45) is 0 Å². The van der Waals surface area contributed by atoms with Gasteiger partial charge in [-0.2, -0.15) is 0 Å². The smallest absolute Gasteiger partial charge is 0.249 e. The number of benzene rings is 2. The summed E-state index contributed by atoms with van der Waals surface area (Å²) in [4.78, 5) is 26.5. The maximum Gasteiger partial charge on any atom is 0.249 e. The van der Waals surface area contributed by atoms with Gasteiger partial charge in [0.05, 0.1) is 13.2 Å². The SMILES string of the molecule is CCNC(=O)CN1Cc2ccc(CNC(=O)[C@@H]3Cc4ccccc4CO3)cc2C1. The van der Waals surface area contributed by atoms with Crippen molar-refractivity contribution in [1.29, 1.82) is 0 Å². The number of hydrogen-bond acceptors (Lipinski definition) is 4. The fourth-order valence-electron chi connectivity index (χ4n) is 4.01. The van der Waals surface area contributed by atoms with Crippen molar-refractivity contribution in [3.63, 3.8) is 0 Å². The Morgan fingerprint density at radius 1 is 1.03 bits per heavy atom. The third-order valence-corrected chi connectivity index (χ3v) is 5.52. The van der Waals surface area contributed by atoms with Crippen LogP contribution in [0.5, 0.6) is 0 Å². The third kappa shape index (κ3) is 4.66. The molecule has 2 aromatic rings. The van der Waals surface area contributed by atoms with Gasteiger partial charge in [0.2, 0.25) is 11.8 Å². The summed E-state index contributed by atoms with van der Waals surface area (Å²) in [5.74, 6) is -0.0142. The van der Waals surface area contributed by atoms with Gasteiger partial charge in [-0.15, -0.1) is 0 Å². The van der Waals surface area contributed by atoms with E-state index in [9.17, 15) is 9.59 Å². The van der Waals surface area contributed by atoms with E-state index in [1.165, 1.54) is 16.7 Å². The first-order chi connectivity index (χ1) is 14.1. The highest BCUT2D eigenvalue weighted by atomic mass is 16.5. The molecule has 0 radical (unpaired) electrons. The first-order valence-electron chi connectivity index (χ1n) is 10.2. The van der Waals surface area contributed by atoms with E-state index in [0.29, 0.717) is 32.7 Å². The Labute approximate surface area is 171 Å². The van der Waals surface area contributed by atoms with Crippen molar-refractivity contribution in [2.45, 2.75) is 45.7 Å². The molecule has 2 heterocycles. The third-order valence-electron chi connectivity index (χ3n) is 5.52. The van der Waals surface area contributed by atoms with Gasteiger partial charge in [0, 0.05) is 32.6 Å². The summed E-state index contributed by atoms with van der Waals surface area (Å²) < 4.78 is 5.74. The first-order valence-corrected chi connectivity index (χ1v) is 10.2. The number of nitrogens with one attached hydrogen (secondary N) is 2. The van der Waals surface area contributed by atoms with Crippen molar-refractivity contribution in [2.75, 3.05) is 13.1 Å². The lowest BCUT2D eigenvalue weighted by Crippen LogP contribution is -2.39. The second-order valence-electron chi connectivity index (χ2n) is 7.69. The van der Waals surface area contributed by atoms with Gasteiger partial charge in [0.25, 0.3) is 0 Å². The Kier molecular flexibility index (Phi) is 5.92. The van der Waals surface area contributed by atoms with E-state index in [-0.39, 0.29) is 11.8 Å². The van der Waals surface area contributed by atoms with E-state index >= 15 is 0 Å². The quantitative estimate of drug-likeness (QED) is 0.786. The van der Waals surface area contributed by atoms with Crippen LogP contribution in [0, 0.1) is 0 Å². The van der Waals surface area contributed by atoms with Crippen LogP contribution in [-0.2, 0) is 47.0 Å². The van der Waals surface area contributed by atoms with Gasteiger partial charge in [-0.3, -0.25) is 14.5 Å². The number of rotatable bonds is 6. The summed E-state index contributed by atoms with van der Waals surface area (Å²) in [6.45, 7) is 5.49. The van der Waals surface area contributed by atoms with Gasteiger partial charge < -0.3 is 15.4 Å². The Morgan fingerprint density at radius 3 is 2.66 bits per heavy atom. The summed E-state index contributed by atoms with van der Waals surface area (Å²) in [5, 5.41) is 5.85. The van der Waals surface area contributed by atoms with E-state index in [0.717, 1.165) is 24.2 Å². The van der Waals surface area contributed by atoms with Crippen LogP contribution < -0.4 is 10.6 Å². The van der Waals surface area contributed by atoms with Crippen LogP contribution >= 0.6 is 0 Å². The lowest BCUT2D eigenvalue weighted by molar-refractivity contribution is -0.134. The molecule has 6 heteroatoms. The molecule has 2 aromatic carbocycles. The minimum absolute atomic E-state index is 0.0573. The monoisotopic (exact) mass is 393 g/mol. The lowest BCUT2D eigenvalue weighted by atomic mass is 9.99. The van der Waals surface area contributed by atoms with Gasteiger partial charge in [-0.25, -0.2) is 0 Å². The Morgan fingerprint density at radius 2 is 1.83 bits per heavy atom. The fourth-order valence-corrected chi connectivity index (χ4v) is 4.01. The topological polar surface area (TPSA) is 70.7 Å². The minimum atomic E-state index is -0.438. The van der Waals surface area contributed by atoms with Crippen LogP contribution in [0.4, 0.5) is 0 Å². The molecule has 152 valence electrons. The second-order valence-corrected chi connectivity index (χ2v) is 7.69. The molecule has 2 amide bonds. The highest BCUT2D eigenvalue weighted by Crippen LogP contribution is 2.24. The molecular weight excluding hydrogens is 366 g/mol. The van der Waals surface area contributed by atoms with E-state index in [1.807, 2.05) is 31.2 Å². The molecule has 0 unspecified atom stereocenters. The molecular formula is C23H27N3O3. The molecule has 0 saturated heterocycles. The zero-order valence-electron chi connectivity index (χ0n) is 16.7. The number of carbonyl (C=O) groups is 2. The highest BCUT2D eigenvalue weighted by Gasteiger charge is 2.25. The Balaban J connectivity index is 1.30.